The number of aryl methyl sites for hydroxylation is 1. The maximum atomic E-state index is 5.42. The van der Waals surface area contributed by atoms with Crippen molar-refractivity contribution in [2.24, 2.45) is 0 Å². The van der Waals surface area contributed by atoms with Crippen LogP contribution in [0.25, 0.3) is 0 Å². The van der Waals surface area contributed by atoms with E-state index in [-0.39, 0.29) is 0 Å². The Hall–Kier alpha value is -1.80. The summed E-state index contributed by atoms with van der Waals surface area (Å²) in [6, 6.07) is 19.3. The molecule has 2 aromatic rings. The van der Waals surface area contributed by atoms with Gasteiger partial charge in [0.2, 0.25) is 0 Å². The van der Waals surface area contributed by atoms with Gasteiger partial charge in [0.05, 0.1) is 7.11 Å². The Morgan fingerprint density at radius 3 is 2.40 bits per heavy atom. The van der Waals surface area contributed by atoms with E-state index in [0.717, 1.165) is 25.1 Å². The molecule has 0 fully saturated rings. The third-order valence-electron chi connectivity index (χ3n) is 3.55. The first-order valence-electron chi connectivity index (χ1n) is 7.25. The fourth-order valence-electron chi connectivity index (χ4n) is 2.53. The van der Waals surface area contributed by atoms with E-state index in [4.69, 9.17) is 4.74 Å². The van der Waals surface area contributed by atoms with Crippen molar-refractivity contribution in [3.63, 3.8) is 0 Å². The molecule has 0 aliphatic heterocycles. The Kier molecular flexibility index (Phi) is 5.63. The molecule has 2 nitrogen and oxygen atoms in total. The van der Waals surface area contributed by atoms with Crippen molar-refractivity contribution in [3.8, 4) is 5.75 Å². The van der Waals surface area contributed by atoms with Crippen LogP contribution in [0.1, 0.15) is 30.5 Å². The first kappa shape index (κ1) is 14.6. The molecule has 0 amide bonds. The van der Waals surface area contributed by atoms with Gasteiger partial charge in [-0.05, 0) is 36.6 Å². The predicted octanol–water partition coefficient (Wildman–Crippen LogP) is 3.98. The van der Waals surface area contributed by atoms with E-state index < -0.39 is 0 Å². The molecule has 0 heterocycles. The molecule has 0 aliphatic rings. The Balaban J connectivity index is 2.06. The molecule has 2 rings (SSSR count). The van der Waals surface area contributed by atoms with E-state index in [9.17, 15) is 0 Å². The molecule has 2 aromatic carbocycles. The fourth-order valence-corrected chi connectivity index (χ4v) is 2.53. The monoisotopic (exact) mass is 269 g/mol. The van der Waals surface area contributed by atoms with Crippen LogP contribution in [0.15, 0.2) is 54.6 Å². The Morgan fingerprint density at radius 1 is 1.00 bits per heavy atom. The van der Waals surface area contributed by atoms with Crippen LogP contribution in [0.3, 0.4) is 0 Å². The maximum absolute atomic E-state index is 5.42. The van der Waals surface area contributed by atoms with Gasteiger partial charge in [-0.15, -0.1) is 0 Å². The van der Waals surface area contributed by atoms with Crippen molar-refractivity contribution < 1.29 is 4.74 Å². The zero-order valence-electron chi connectivity index (χ0n) is 12.3. The molecule has 0 aliphatic carbocycles. The number of rotatable bonds is 7. The van der Waals surface area contributed by atoms with Crippen LogP contribution in [-0.2, 0) is 6.42 Å². The summed E-state index contributed by atoms with van der Waals surface area (Å²) in [5.74, 6) is 0.982. The lowest BCUT2D eigenvalue weighted by Crippen LogP contribution is -2.21. The van der Waals surface area contributed by atoms with Gasteiger partial charge in [0, 0.05) is 6.04 Å². The highest BCUT2D eigenvalue weighted by molar-refractivity contribution is 5.33. The lowest BCUT2D eigenvalue weighted by atomic mass is 9.98. The van der Waals surface area contributed by atoms with Crippen LogP contribution < -0.4 is 10.1 Å². The summed E-state index contributed by atoms with van der Waals surface area (Å²) in [4.78, 5) is 0. The SMILES string of the molecule is CCNC(CCc1ccccc1OC)c1ccccc1. The van der Waals surface area contributed by atoms with Crippen molar-refractivity contribution in [1.82, 2.24) is 5.32 Å². The second-order valence-corrected chi connectivity index (χ2v) is 4.87. The minimum Gasteiger partial charge on any atom is -0.496 e. The summed E-state index contributed by atoms with van der Waals surface area (Å²) in [5.41, 5.74) is 2.62. The molecule has 0 radical (unpaired) electrons. The van der Waals surface area contributed by atoms with Crippen LogP contribution in [0, 0.1) is 0 Å². The van der Waals surface area contributed by atoms with Gasteiger partial charge in [0.1, 0.15) is 5.75 Å². The molecule has 106 valence electrons. The van der Waals surface area contributed by atoms with Gasteiger partial charge in [-0.25, -0.2) is 0 Å². The summed E-state index contributed by atoms with van der Waals surface area (Å²) in [7, 11) is 1.73. The van der Waals surface area contributed by atoms with E-state index >= 15 is 0 Å². The van der Waals surface area contributed by atoms with Crippen LogP contribution in [0.2, 0.25) is 0 Å². The van der Waals surface area contributed by atoms with E-state index in [1.54, 1.807) is 7.11 Å². The molecule has 1 unspecified atom stereocenters. The predicted molar refractivity (Wildman–Crippen MR) is 84.2 cm³/mol. The number of nitrogens with one attached hydrogen (secondary N) is 1. The van der Waals surface area contributed by atoms with Gasteiger partial charge in [0.15, 0.2) is 0 Å². The molecule has 20 heavy (non-hydrogen) atoms. The van der Waals surface area contributed by atoms with Gasteiger partial charge < -0.3 is 10.1 Å². The third kappa shape index (κ3) is 3.84. The van der Waals surface area contributed by atoms with Crippen LogP contribution in [0.4, 0.5) is 0 Å². The zero-order valence-corrected chi connectivity index (χ0v) is 12.3. The van der Waals surface area contributed by atoms with Crippen LogP contribution >= 0.6 is 0 Å². The van der Waals surface area contributed by atoms with Gasteiger partial charge in [-0.2, -0.15) is 0 Å². The molecule has 0 spiro atoms. The number of hydrogen-bond acceptors (Lipinski definition) is 2. The lowest BCUT2D eigenvalue weighted by Gasteiger charge is -2.19. The standard InChI is InChI=1S/C18H23NO/c1-3-19-17(15-9-5-4-6-10-15)14-13-16-11-7-8-12-18(16)20-2/h4-12,17,19H,3,13-14H2,1-2H3. The van der Waals surface area contributed by atoms with Gasteiger partial charge in [-0.1, -0.05) is 55.5 Å². The van der Waals surface area contributed by atoms with Crippen molar-refractivity contribution in [2.75, 3.05) is 13.7 Å². The number of hydrogen-bond donors (Lipinski definition) is 1. The van der Waals surface area contributed by atoms with Crippen molar-refractivity contribution >= 4 is 0 Å². The molecule has 1 N–H and O–H groups in total. The third-order valence-corrected chi connectivity index (χ3v) is 3.55. The number of methoxy groups -OCH3 is 1. The molecule has 2 heteroatoms. The molecule has 0 saturated carbocycles. The van der Waals surface area contributed by atoms with Crippen molar-refractivity contribution in [3.05, 3.63) is 65.7 Å². The minimum absolute atomic E-state index is 0.395. The highest BCUT2D eigenvalue weighted by Crippen LogP contribution is 2.23. The molecule has 0 saturated heterocycles. The number of benzene rings is 2. The second-order valence-electron chi connectivity index (χ2n) is 4.87. The Morgan fingerprint density at radius 2 is 1.70 bits per heavy atom. The number of ether oxygens (including phenoxy) is 1. The second kappa shape index (κ2) is 7.71. The maximum Gasteiger partial charge on any atom is 0.122 e. The van der Waals surface area contributed by atoms with Gasteiger partial charge in [0.25, 0.3) is 0 Å². The molecule has 0 aromatic heterocycles. The number of para-hydroxylation sites is 1. The normalized spacial score (nSPS) is 12.1. The van der Waals surface area contributed by atoms with Crippen molar-refractivity contribution in [2.45, 2.75) is 25.8 Å². The van der Waals surface area contributed by atoms with E-state index in [1.807, 2.05) is 12.1 Å². The first-order chi connectivity index (χ1) is 9.85. The summed E-state index contributed by atoms with van der Waals surface area (Å²) in [5, 5.41) is 3.57. The first-order valence-corrected chi connectivity index (χ1v) is 7.25. The van der Waals surface area contributed by atoms with Gasteiger partial charge in [-0.3, -0.25) is 0 Å². The minimum atomic E-state index is 0.395. The average molecular weight is 269 g/mol. The van der Waals surface area contributed by atoms with Crippen LogP contribution in [-0.4, -0.2) is 13.7 Å². The van der Waals surface area contributed by atoms with Gasteiger partial charge >= 0.3 is 0 Å². The summed E-state index contributed by atoms with van der Waals surface area (Å²) < 4.78 is 5.42. The largest absolute Gasteiger partial charge is 0.496 e. The average Bonchev–Trinajstić information content (AvgIpc) is 2.52. The lowest BCUT2D eigenvalue weighted by molar-refractivity contribution is 0.407. The van der Waals surface area contributed by atoms with E-state index in [1.165, 1.54) is 11.1 Å². The highest BCUT2D eigenvalue weighted by Gasteiger charge is 2.11. The molecular formula is C18H23NO. The fraction of sp³-hybridized carbons (Fsp3) is 0.333. The van der Waals surface area contributed by atoms with E-state index in [2.05, 4.69) is 54.7 Å². The van der Waals surface area contributed by atoms with E-state index in [0.29, 0.717) is 6.04 Å². The molecule has 1 atom stereocenters. The molecule has 0 bridgehead atoms. The smallest absolute Gasteiger partial charge is 0.122 e. The zero-order chi connectivity index (χ0) is 14.2. The summed E-state index contributed by atoms with van der Waals surface area (Å²) in [6.07, 6.45) is 2.08. The quantitative estimate of drug-likeness (QED) is 0.821. The topological polar surface area (TPSA) is 21.3 Å². The van der Waals surface area contributed by atoms with Crippen LogP contribution in [0.5, 0.6) is 5.75 Å². The highest BCUT2D eigenvalue weighted by atomic mass is 16.5. The summed E-state index contributed by atoms with van der Waals surface area (Å²) >= 11 is 0. The molecular weight excluding hydrogens is 246 g/mol. The Bertz CT molecular complexity index is 510. The summed E-state index contributed by atoms with van der Waals surface area (Å²) in [6.45, 7) is 3.13. The Labute approximate surface area is 121 Å². The van der Waals surface area contributed by atoms with Crippen molar-refractivity contribution in [1.29, 1.82) is 0 Å².